The standard InChI is InChI=1S/C17H20FNO/c1-11-4-5-12(2)17(13(11)3)20-10-15-7-6-14(9-19)8-16(15)18/h4-8H,9-10,19H2,1-3H3. The van der Waals surface area contributed by atoms with E-state index in [1.165, 1.54) is 11.6 Å². The van der Waals surface area contributed by atoms with Gasteiger partial charge in [0.25, 0.3) is 0 Å². The summed E-state index contributed by atoms with van der Waals surface area (Å²) in [5.74, 6) is 0.572. The molecule has 2 N–H and O–H groups in total. The van der Waals surface area contributed by atoms with E-state index in [0.717, 1.165) is 22.4 Å². The van der Waals surface area contributed by atoms with Crippen molar-refractivity contribution in [1.29, 1.82) is 0 Å². The van der Waals surface area contributed by atoms with Crippen molar-refractivity contribution in [2.75, 3.05) is 0 Å². The van der Waals surface area contributed by atoms with E-state index in [9.17, 15) is 4.39 Å². The summed E-state index contributed by atoms with van der Waals surface area (Å²) in [5.41, 5.74) is 10.2. The van der Waals surface area contributed by atoms with Crippen molar-refractivity contribution < 1.29 is 9.13 Å². The topological polar surface area (TPSA) is 35.2 Å². The van der Waals surface area contributed by atoms with Crippen LogP contribution >= 0.6 is 0 Å². The molecule has 0 aromatic heterocycles. The van der Waals surface area contributed by atoms with E-state index in [1.807, 2.05) is 32.9 Å². The second kappa shape index (κ2) is 6.06. The average molecular weight is 273 g/mol. The summed E-state index contributed by atoms with van der Waals surface area (Å²) in [6.45, 7) is 6.62. The van der Waals surface area contributed by atoms with Crippen molar-refractivity contribution in [3.8, 4) is 5.75 Å². The number of aryl methyl sites for hydroxylation is 2. The number of benzene rings is 2. The summed E-state index contributed by atoms with van der Waals surface area (Å²) >= 11 is 0. The van der Waals surface area contributed by atoms with Gasteiger partial charge in [-0.2, -0.15) is 0 Å². The van der Waals surface area contributed by atoms with Crippen LogP contribution in [0.5, 0.6) is 5.75 Å². The lowest BCUT2D eigenvalue weighted by molar-refractivity contribution is 0.295. The van der Waals surface area contributed by atoms with E-state index in [2.05, 4.69) is 6.07 Å². The van der Waals surface area contributed by atoms with Gasteiger partial charge in [-0.05, 0) is 49.1 Å². The SMILES string of the molecule is Cc1ccc(C)c(OCc2ccc(CN)cc2F)c1C. The van der Waals surface area contributed by atoms with Gasteiger partial charge in [-0.25, -0.2) is 4.39 Å². The molecule has 0 spiro atoms. The molecule has 0 atom stereocenters. The van der Waals surface area contributed by atoms with Crippen LogP contribution in [0.25, 0.3) is 0 Å². The summed E-state index contributed by atoms with van der Waals surface area (Å²) in [7, 11) is 0. The summed E-state index contributed by atoms with van der Waals surface area (Å²) in [6.07, 6.45) is 0. The third kappa shape index (κ3) is 2.99. The van der Waals surface area contributed by atoms with Crippen LogP contribution in [-0.4, -0.2) is 0 Å². The van der Waals surface area contributed by atoms with Crippen LogP contribution in [0.15, 0.2) is 30.3 Å². The first kappa shape index (κ1) is 14.5. The molecule has 106 valence electrons. The van der Waals surface area contributed by atoms with Gasteiger partial charge in [0.05, 0.1) is 0 Å². The van der Waals surface area contributed by atoms with Gasteiger partial charge in [-0.15, -0.1) is 0 Å². The molecule has 0 saturated heterocycles. The molecule has 0 amide bonds. The Kier molecular flexibility index (Phi) is 4.40. The number of halogens is 1. The maximum Gasteiger partial charge on any atom is 0.130 e. The van der Waals surface area contributed by atoms with Crippen molar-refractivity contribution in [3.63, 3.8) is 0 Å². The molecule has 0 radical (unpaired) electrons. The lowest BCUT2D eigenvalue weighted by Crippen LogP contribution is -2.04. The maximum atomic E-state index is 13.9. The summed E-state index contributed by atoms with van der Waals surface area (Å²) in [6, 6.07) is 9.12. The minimum Gasteiger partial charge on any atom is -0.488 e. The molecule has 0 unspecified atom stereocenters. The summed E-state index contributed by atoms with van der Waals surface area (Å²) in [5, 5.41) is 0. The Balaban J connectivity index is 2.19. The Morgan fingerprint density at radius 2 is 1.75 bits per heavy atom. The molecule has 0 saturated carbocycles. The molecule has 0 bridgehead atoms. The molecule has 20 heavy (non-hydrogen) atoms. The van der Waals surface area contributed by atoms with Crippen LogP contribution in [0.3, 0.4) is 0 Å². The van der Waals surface area contributed by atoms with Crippen LogP contribution in [0, 0.1) is 26.6 Å². The zero-order valence-electron chi connectivity index (χ0n) is 12.2. The first-order valence-corrected chi connectivity index (χ1v) is 6.70. The number of hydrogen-bond acceptors (Lipinski definition) is 2. The minimum atomic E-state index is -0.268. The Morgan fingerprint density at radius 1 is 1.05 bits per heavy atom. The van der Waals surface area contributed by atoms with Gasteiger partial charge in [-0.1, -0.05) is 24.3 Å². The van der Waals surface area contributed by atoms with Crippen molar-refractivity contribution >= 4 is 0 Å². The highest BCUT2D eigenvalue weighted by molar-refractivity contribution is 5.44. The van der Waals surface area contributed by atoms with Gasteiger partial charge < -0.3 is 10.5 Å². The lowest BCUT2D eigenvalue weighted by Gasteiger charge is -2.14. The Morgan fingerprint density at radius 3 is 2.40 bits per heavy atom. The molecule has 3 heteroatoms. The molecule has 2 aromatic carbocycles. The second-order valence-corrected chi connectivity index (χ2v) is 5.07. The fourth-order valence-electron chi connectivity index (χ4n) is 2.13. The highest BCUT2D eigenvalue weighted by atomic mass is 19.1. The normalized spacial score (nSPS) is 10.7. The van der Waals surface area contributed by atoms with Gasteiger partial charge in [0, 0.05) is 12.1 Å². The molecule has 0 aliphatic carbocycles. The van der Waals surface area contributed by atoms with Crippen molar-refractivity contribution in [2.45, 2.75) is 33.9 Å². The zero-order valence-corrected chi connectivity index (χ0v) is 12.2. The molecule has 2 rings (SSSR count). The molecule has 0 aliphatic rings. The monoisotopic (exact) mass is 273 g/mol. The zero-order chi connectivity index (χ0) is 14.7. The van der Waals surface area contributed by atoms with E-state index >= 15 is 0 Å². The van der Waals surface area contributed by atoms with E-state index in [4.69, 9.17) is 10.5 Å². The number of rotatable bonds is 4. The van der Waals surface area contributed by atoms with Gasteiger partial charge >= 0.3 is 0 Å². The highest BCUT2D eigenvalue weighted by Crippen LogP contribution is 2.26. The predicted molar refractivity (Wildman–Crippen MR) is 79.3 cm³/mol. The fourth-order valence-corrected chi connectivity index (χ4v) is 2.13. The molecule has 0 aliphatic heterocycles. The van der Waals surface area contributed by atoms with Crippen molar-refractivity contribution in [3.05, 3.63) is 64.0 Å². The third-order valence-electron chi connectivity index (χ3n) is 3.60. The Labute approximate surface area is 119 Å². The van der Waals surface area contributed by atoms with E-state index < -0.39 is 0 Å². The summed E-state index contributed by atoms with van der Waals surface area (Å²) < 4.78 is 19.7. The van der Waals surface area contributed by atoms with E-state index in [-0.39, 0.29) is 12.4 Å². The quantitative estimate of drug-likeness (QED) is 0.920. The lowest BCUT2D eigenvalue weighted by atomic mass is 10.1. The molecule has 2 aromatic rings. The van der Waals surface area contributed by atoms with Gasteiger partial charge in [0.1, 0.15) is 18.2 Å². The van der Waals surface area contributed by atoms with Crippen LogP contribution in [-0.2, 0) is 13.2 Å². The first-order valence-electron chi connectivity index (χ1n) is 6.70. The van der Waals surface area contributed by atoms with Crippen LogP contribution in [0.1, 0.15) is 27.8 Å². The first-order chi connectivity index (χ1) is 9.52. The molecule has 0 fully saturated rings. The number of ether oxygens (including phenoxy) is 1. The Bertz CT molecular complexity index is 623. The predicted octanol–water partition coefficient (Wildman–Crippen LogP) is 3.79. The Hall–Kier alpha value is -1.87. The van der Waals surface area contributed by atoms with Gasteiger partial charge in [0.15, 0.2) is 0 Å². The van der Waals surface area contributed by atoms with Gasteiger partial charge in [0.2, 0.25) is 0 Å². The number of hydrogen-bond donors (Lipinski definition) is 1. The average Bonchev–Trinajstić information content (AvgIpc) is 2.44. The largest absolute Gasteiger partial charge is 0.488 e. The minimum absolute atomic E-state index is 0.224. The second-order valence-electron chi connectivity index (χ2n) is 5.07. The molecule has 0 heterocycles. The van der Waals surface area contributed by atoms with Crippen LogP contribution < -0.4 is 10.5 Å². The van der Waals surface area contributed by atoms with Gasteiger partial charge in [-0.3, -0.25) is 0 Å². The van der Waals surface area contributed by atoms with Crippen molar-refractivity contribution in [1.82, 2.24) is 0 Å². The summed E-state index contributed by atoms with van der Waals surface area (Å²) in [4.78, 5) is 0. The molecular weight excluding hydrogens is 253 g/mol. The molecular formula is C17H20FNO. The van der Waals surface area contributed by atoms with Crippen LogP contribution in [0.4, 0.5) is 4.39 Å². The highest BCUT2D eigenvalue weighted by Gasteiger charge is 2.09. The van der Waals surface area contributed by atoms with E-state index in [0.29, 0.717) is 12.1 Å². The number of nitrogens with two attached hydrogens (primary N) is 1. The van der Waals surface area contributed by atoms with Crippen LogP contribution in [0.2, 0.25) is 0 Å². The smallest absolute Gasteiger partial charge is 0.130 e. The third-order valence-corrected chi connectivity index (χ3v) is 3.60. The van der Waals surface area contributed by atoms with Crippen molar-refractivity contribution in [2.24, 2.45) is 5.73 Å². The maximum absolute atomic E-state index is 13.9. The fraction of sp³-hybridized carbons (Fsp3) is 0.294. The van der Waals surface area contributed by atoms with E-state index in [1.54, 1.807) is 6.07 Å². The molecule has 2 nitrogen and oxygen atoms in total.